The van der Waals surface area contributed by atoms with Gasteiger partial charge in [0, 0.05) is 30.7 Å². The third-order valence-corrected chi connectivity index (χ3v) is 4.66. The average molecular weight is 350 g/mol. The molecule has 3 aromatic rings. The molecule has 0 aliphatic carbocycles. The molecule has 0 bridgehead atoms. The van der Waals surface area contributed by atoms with Crippen molar-refractivity contribution in [3.8, 4) is 22.6 Å². The van der Waals surface area contributed by atoms with Gasteiger partial charge in [0.2, 0.25) is 0 Å². The minimum absolute atomic E-state index is 0.0733. The fraction of sp³-hybridized carbons (Fsp3) is 0.286. The van der Waals surface area contributed by atoms with Crippen molar-refractivity contribution in [2.24, 2.45) is 0 Å². The number of benzene rings is 2. The standard InChI is InChI=1S/C21H22N2O3/c1-14-4-3-5-15(10-14)18-13-22-21(23(2)6-7-24)17-12-20-19(11-16(17)18)25-8-9-26-20/h3-5,10-13,24H,6-9H2,1-2H3. The van der Waals surface area contributed by atoms with Crippen LogP contribution in [0.4, 0.5) is 5.82 Å². The van der Waals surface area contributed by atoms with E-state index in [2.05, 4.69) is 31.2 Å². The first kappa shape index (κ1) is 16.7. The molecule has 26 heavy (non-hydrogen) atoms. The maximum Gasteiger partial charge on any atom is 0.162 e. The third-order valence-electron chi connectivity index (χ3n) is 4.66. The van der Waals surface area contributed by atoms with Gasteiger partial charge in [0.1, 0.15) is 19.0 Å². The summed E-state index contributed by atoms with van der Waals surface area (Å²) in [4.78, 5) is 6.66. The van der Waals surface area contributed by atoms with Crippen LogP contribution in [0, 0.1) is 6.92 Å². The van der Waals surface area contributed by atoms with Crippen LogP contribution < -0.4 is 14.4 Å². The highest BCUT2D eigenvalue weighted by Crippen LogP contribution is 2.41. The SMILES string of the molecule is Cc1cccc(-c2cnc(N(C)CCO)c3cc4c(cc23)OCCO4)c1. The van der Waals surface area contributed by atoms with E-state index in [4.69, 9.17) is 14.5 Å². The van der Waals surface area contributed by atoms with Gasteiger partial charge in [-0.15, -0.1) is 0 Å². The Morgan fingerprint density at radius 1 is 1.08 bits per heavy atom. The number of ether oxygens (including phenoxy) is 2. The number of likely N-dealkylation sites (N-methyl/N-ethyl adjacent to an activating group) is 1. The van der Waals surface area contributed by atoms with Crippen molar-refractivity contribution in [1.29, 1.82) is 0 Å². The van der Waals surface area contributed by atoms with E-state index in [1.54, 1.807) is 0 Å². The molecule has 134 valence electrons. The number of aryl methyl sites for hydroxylation is 1. The Balaban J connectivity index is 1.97. The minimum atomic E-state index is 0.0733. The van der Waals surface area contributed by atoms with E-state index in [1.165, 1.54) is 5.56 Å². The smallest absolute Gasteiger partial charge is 0.162 e. The molecule has 2 heterocycles. The van der Waals surface area contributed by atoms with Crippen LogP contribution in [-0.2, 0) is 0 Å². The summed E-state index contributed by atoms with van der Waals surface area (Å²) in [5, 5.41) is 11.4. The van der Waals surface area contributed by atoms with Crippen LogP contribution in [0.3, 0.4) is 0 Å². The molecule has 1 aromatic heterocycles. The number of pyridine rings is 1. The Labute approximate surface area is 152 Å². The molecular weight excluding hydrogens is 328 g/mol. The fourth-order valence-corrected chi connectivity index (χ4v) is 3.36. The highest BCUT2D eigenvalue weighted by atomic mass is 16.6. The lowest BCUT2D eigenvalue weighted by atomic mass is 9.98. The number of aliphatic hydroxyl groups is 1. The Hall–Kier alpha value is -2.79. The van der Waals surface area contributed by atoms with Gasteiger partial charge in [-0.2, -0.15) is 0 Å². The summed E-state index contributed by atoms with van der Waals surface area (Å²) in [6.45, 7) is 3.78. The number of nitrogens with zero attached hydrogens (tertiary/aromatic N) is 2. The van der Waals surface area contributed by atoms with E-state index in [0.29, 0.717) is 19.8 Å². The highest BCUT2D eigenvalue weighted by Gasteiger charge is 2.19. The van der Waals surface area contributed by atoms with E-state index in [9.17, 15) is 5.11 Å². The first-order valence-corrected chi connectivity index (χ1v) is 8.79. The molecule has 0 spiro atoms. The third kappa shape index (κ3) is 2.95. The molecule has 2 aromatic carbocycles. The molecule has 0 atom stereocenters. The molecule has 1 aliphatic rings. The molecule has 4 rings (SSSR count). The predicted octanol–water partition coefficient (Wildman–Crippen LogP) is 3.41. The zero-order valence-electron chi connectivity index (χ0n) is 15.0. The van der Waals surface area contributed by atoms with Gasteiger partial charge in [-0.3, -0.25) is 0 Å². The van der Waals surface area contributed by atoms with E-state index < -0.39 is 0 Å². The zero-order valence-corrected chi connectivity index (χ0v) is 15.0. The average Bonchev–Trinajstić information content (AvgIpc) is 2.65. The summed E-state index contributed by atoms with van der Waals surface area (Å²) in [7, 11) is 1.93. The van der Waals surface area contributed by atoms with Gasteiger partial charge in [0.05, 0.1) is 6.61 Å². The zero-order chi connectivity index (χ0) is 18.1. The topological polar surface area (TPSA) is 54.8 Å². The lowest BCUT2D eigenvalue weighted by Gasteiger charge is -2.23. The van der Waals surface area contributed by atoms with E-state index in [1.807, 2.05) is 30.3 Å². The second-order valence-corrected chi connectivity index (χ2v) is 6.55. The van der Waals surface area contributed by atoms with Gasteiger partial charge in [0.15, 0.2) is 11.5 Å². The molecule has 0 radical (unpaired) electrons. The Morgan fingerprint density at radius 2 is 1.81 bits per heavy atom. The van der Waals surface area contributed by atoms with Crippen LogP contribution in [0.2, 0.25) is 0 Å². The second kappa shape index (κ2) is 6.84. The largest absolute Gasteiger partial charge is 0.486 e. The summed E-state index contributed by atoms with van der Waals surface area (Å²) in [5.41, 5.74) is 3.38. The quantitative estimate of drug-likeness (QED) is 0.781. The van der Waals surface area contributed by atoms with E-state index in [0.717, 1.165) is 39.2 Å². The number of aliphatic hydroxyl groups excluding tert-OH is 1. The Kier molecular flexibility index (Phi) is 4.39. The molecule has 5 heteroatoms. The van der Waals surface area contributed by atoms with Crippen molar-refractivity contribution < 1.29 is 14.6 Å². The molecule has 1 N–H and O–H groups in total. The van der Waals surface area contributed by atoms with Gasteiger partial charge in [-0.05, 0) is 30.0 Å². The minimum Gasteiger partial charge on any atom is -0.486 e. The first-order chi connectivity index (χ1) is 12.7. The normalized spacial score (nSPS) is 13.0. The lowest BCUT2D eigenvalue weighted by Crippen LogP contribution is -2.22. The molecule has 0 fully saturated rings. The van der Waals surface area contributed by atoms with Crippen LogP contribution in [0.1, 0.15) is 5.56 Å². The number of fused-ring (bicyclic) bond motifs is 2. The summed E-state index contributed by atoms with van der Waals surface area (Å²) >= 11 is 0. The van der Waals surface area contributed by atoms with Crippen LogP contribution in [0.25, 0.3) is 21.9 Å². The lowest BCUT2D eigenvalue weighted by molar-refractivity contribution is 0.172. The Bertz CT molecular complexity index is 955. The van der Waals surface area contributed by atoms with Crippen LogP contribution in [-0.4, -0.2) is 43.5 Å². The van der Waals surface area contributed by atoms with Gasteiger partial charge < -0.3 is 19.5 Å². The fourth-order valence-electron chi connectivity index (χ4n) is 3.36. The number of aromatic nitrogens is 1. The molecule has 0 amide bonds. The Morgan fingerprint density at radius 3 is 2.50 bits per heavy atom. The van der Waals surface area contributed by atoms with E-state index in [-0.39, 0.29) is 6.61 Å². The molecule has 0 unspecified atom stereocenters. The van der Waals surface area contributed by atoms with Crippen LogP contribution >= 0.6 is 0 Å². The number of hydrogen-bond donors (Lipinski definition) is 1. The van der Waals surface area contributed by atoms with Crippen molar-refractivity contribution >= 4 is 16.6 Å². The second-order valence-electron chi connectivity index (χ2n) is 6.55. The number of rotatable bonds is 4. The van der Waals surface area contributed by atoms with Gasteiger partial charge in [0.25, 0.3) is 0 Å². The summed E-state index contributed by atoms with van der Waals surface area (Å²) in [5.74, 6) is 2.33. The highest BCUT2D eigenvalue weighted by molar-refractivity contribution is 6.03. The van der Waals surface area contributed by atoms with Crippen molar-refractivity contribution in [3.63, 3.8) is 0 Å². The number of hydrogen-bond acceptors (Lipinski definition) is 5. The van der Waals surface area contributed by atoms with Crippen molar-refractivity contribution in [1.82, 2.24) is 4.98 Å². The molecule has 0 saturated carbocycles. The van der Waals surface area contributed by atoms with E-state index >= 15 is 0 Å². The van der Waals surface area contributed by atoms with Crippen molar-refractivity contribution in [3.05, 3.63) is 48.2 Å². The van der Waals surface area contributed by atoms with Gasteiger partial charge in [-0.25, -0.2) is 4.98 Å². The molecular formula is C21H22N2O3. The summed E-state index contributed by atoms with van der Waals surface area (Å²) in [6.07, 6.45) is 1.90. The van der Waals surface area contributed by atoms with Crippen LogP contribution in [0.15, 0.2) is 42.6 Å². The number of anilines is 1. The van der Waals surface area contributed by atoms with Crippen LogP contribution in [0.5, 0.6) is 11.5 Å². The van der Waals surface area contributed by atoms with Gasteiger partial charge >= 0.3 is 0 Å². The van der Waals surface area contributed by atoms with Crippen molar-refractivity contribution in [2.45, 2.75) is 6.92 Å². The summed E-state index contributed by atoms with van der Waals surface area (Å²) < 4.78 is 11.6. The van der Waals surface area contributed by atoms with Crippen molar-refractivity contribution in [2.75, 3.05) is 38.3 Å². The van der Waals surface area contributed by atoms with Gasteiger partial charge in [-0.1, -0.05) is 29.8 Å². The summed E-state index contributed by atoms with van der Waals surface area (Å²) in [6, 6.07) is 12.4. The molecule has 5 nitrogen and oxygen atoms in total. The predicted molar refractivity (Wildman–Crippen MR) is 103 cm³/mol. The first-order valence-electron chi connectivity index (χ1n) is 8.79. The maximum absolute atomic E-state index is 9.31. The monoisotopic (exact) mass is 350 g/mol. The maximum atomic E-state index is 9.31. The molecule has 0 saturated heterocycles. The molecule has 1 aliphatic heterocycles.